The first-order chi connectivity index (χ1) is 4.74. The Kier molecular flexibility index (Phi) is 2.41. The highest BCUT2D eigenvalue weighted by Crippen LogP contribution is 2.25. The highest BCUT2D eigenvalue weighted by Gasteiger charge is 2.00. The van der Waals surface area contributed by atoms with Gasteiger partial charge in [0.05, 0.1) is 4.47 Å². The lowest BCUT2D eigenvalue weighted by Crippen LogP contribution is -1.73. The predicted molar refractivity (Wildman–Crippen MR) is 45.9 cm³/mol. The summed E-state index contributed by atoms with van der Waals surface area (Å²) in [5, 5.41) is 0. The van der Waals surface area contributed by atoms with Crippen molar-refractivity contribution in [2.45, 2.75) is 0 Å². The Morgan fingerprint density at radius 3 is 2.70 bits per heavy atom. The van der Waals surface area contributed by atoms with Crippen molar-refractivity contribution in [2.24, 2.45) is 0 Å². The zero-order valence-electron chi connectivity index (χ0n) is 4.81. The van der Waals surface area contributed by atoms with Crippen LogP contribution in [-0.4, -0.2) is 4.98 Å². The molecule has 0 aliphatic carbocycles. The van der Waals surface area contributed by atoms with Crippen molar-refractivity contribution in [3.05, 3.63) is 32.6 Å². The third kappa shape index (κ3) is 1.55. The lowest BCUT2D eigenvalue weighted by molar-refractivity contribution is 1.32. The van der Waals surface area contributed by atoms with Crippen LogP contribution in [0, 0.1) is 6.57 Å². The zero-order valence-corrected chi connectivity index (χ0v) is 7.98. The van der Waals surface area contributed by atoms with E-state index in [1.54, 1.807) is 12.3 Å². The lowest BCUT2D eigenvalue weighted by Gasteiger charge is -1.91. The molecule has 0 unspecified atom stereocenters. The Balaban J connectivity index is 3.23. The Hall–Kier alpha value is -0.400. The smallest absolute Gasteiger partial charge is 0.283 e. The summed E-state index contributed by atoms with van der Waals surface area (Å²) in [7, 11) is 0. The van der Waals surface area contributed by atoms with Crippen molar-refractivity contribution in [3.63, 3.8) is 0 Å². The van der Waals surface area contributed by atoms with Crippen LogP contribution in [0.2, 0.25) is 0 Å². The lowest BCUT2D eigenvalue weighted by atomic mass is 10.5. The van der Waals surface area contributed by atoms with Gasteiger partial charge in [0.25, 0.3) is 5.82 Å². The van der Waals surface area contributed by atoms with Crippen molar-refractivity contribution in [1.29, 1.82) is 0 Å². The van der Waals surface area contributed by atoms with Gasteiger partial charge in [-0.25, -0.2) is 0 Å². The Morgan fingerprint density at radius 1 is 1.50 bits per heavy atom. The maximum atomic E-state index is 6.67. The molecular formula is C6H2Br2N2. The maximum Gasteiger partial charge on any atom is 0.283 e. The molecule has 0 saturated carbocycles. The summed E-state index contributed by atoms with van der Waals surface area (Å²) >= 11 is 6.43. The van der Waals surface area contributed by atoms with Gasteiger partial charge in [0.2, 0.25) is 0 Å². The van der Waals surface area contributed by atoms with Crippen molar-refractivity contribution in [2.75, 3.05) is 0 Å². The van der Waals surface area contributed by atoms with Crippen molar-refractivity contribution >= 4 is 37.7 Å². The van der Waals surface area contributed by atoms with Crippen LogP contribution in [0.4, 0.5) is 5.82 Å². The number of rotatable bonds is 0. The second-order valence-corrected chi connectivity index (χ2v) is 3.34. The number of nitrogens with zero attached hydrogens (tertiary/aromatic N) is 2. The van der Waals surface area contributed by atoms with Gasteiger partial charge in [0.15, 0.2) is 0 Å². The standard InChI is InChI=1S/C6H2Br2N2/c1-9-6-5(8)2-4(7)3-10-6/h2-3H. The molecule has 4 heteroatoms. The molecule has 1 rings (SSSR count). The van der Waals surface area contributed by atoms with E-state index in [9.17, 15) is 0 Å². The second-order valence-electron chi connectivity index (χ2n) is 1.57. The van der Waals surface area contributed by atoms with Gasteiger partial charge in [-0.05, 0) is 22.0 Å². The molecule has 0 amide bonds. The summed E-state index contributed by atoms with van der Waals surface area (Å²) < 4.78 is 1.59. The van der Waals surface area contributed by atoms with Crippen LogP contribution in [0.15, 0.2) is 21.2 Å². The van der Waals surface area contributed by atoms with Gasteiger partial charge in [0, 0.05) is 4.47 Å². The number of halogens is 2. The monoisotopic (exact) mass is 260 g/mol. The molecule has 10 heavy (non-hydrogen) atoms. The molecule has 0 atom stereocenters. The van der Waals surface area contributed by atoms with Crippen LogP contribution in [0.3, 0.4) is 0 Å². The van der Waals surface area contributed by atoms with E-state index in [1.165, 1.54) is 0 Å². The molecule has 2 nitrogen and oxygen atoms in total. The van der Waals surface area contributed by atoms with Gasteiger partial charge in [-0.3, -0.25) is 0 Å². The van der Waals surface area contributed by atoms with Gasteiger partial charge >= 0.3 is 0 Å². The predicted octanol–water partition coefficient (Wildman–Crippen LogP) is 3.16. The molecule has 1 heterocycles. The summed E-state index contributed by atoms with van der Waals surface area (Å²) in [5.74, 6) is 0.392. The fourth-order valence-corrected chi connectivity index (χ4v) is 1.57. The number of hydrogen-bond acceptors (Lipinski definition) is 1. The Morgan fingerprint density at radius 2 is 2.20 bits per heavy atom. The van der Waals surface area contributed by atoms with Gasteiger partial charge in [-0.2, -0.15) is 0 Å². The topological polar surface area (TPSA) is 17.2 Å². The van der Waals surface area contributed by atoms with Gasteiger partial charge in [0.1, 0.15) is 6.20 Å². The summed E-state index contributed by atoms with van der Waals surface area (Å²) in [5.41, 5.74) is 0. The van der Waals surface area contributed by atoms with Gasteiger partial charge in [-0.1, -0.05) is 22.5 Å². The van der Waals surface area contributed by atoms with Crippen LogP contribution < -0.4 is 0 Å². The van der Waals surface area contributed by atoms with E-state index < -0.39 is 0 Å². The number of pyridine rings is 1. The number of hydrogen-bond donors (Lipinski definition) is 0. The minimum atomic E-state index is 0.392. The molecule has 0 bridgehead atoms. The van der Waals surface area contributed by atoms with Crippen LogP contribution in [-0.2, 0) is 0 Å². The summed E-state index contributed by atoms with van der Waals surface area (Å²) in [4.78, 5) is 7.03. The molecule has 0 saturated heterocycles. The molecule has 1 aromatic heterocycles. The van der Waals surface area contributed by atoms with Crippen LogP contribution in [0.1, 0.15) is 0 Å². The first-order valence-electron chi connectivity index (χ1n) is 2.42. The highest BCUT2D eigenvalue weighted by molar-refractivity contribution is 9.11. The minimum absolute atomic E-state index is 0.392. The average molecular weight is 262 g/mol. The molecule has 50 valence electrons. The van der Waals surface area contributed by atoms with E-state index in [1.807, 2.05) is 0 Å². The van der Waals surface area contributed by atoms with Crippen LogP contribution in [0.5, 0.6) is 0 Å². The molecule has 0 aliphatic rings. The molecule has 1 aromatic rings. The first-order valence-corrected chi connectivity index (χ1v) is 4.01. The first kappa shape index (κ1) is 7.70. The maximum absolute atomic E-state index is 6.67. The third-order valence-electron chi connectivity index (χ3n) is 0.894. The minimum Gasteiger partial charge on any atom is -0.360 e. The largest absolute Gasteiger partial charge is 0.360 e. The fourth-order valence-electron chi connectivity index (χ4n) is 0.490. The van der Waals surface area contributed by atoms with E-state index >= 15 is 0 Å². The van der Waals surface area contributed by atoms with Gasteiger partial charge in [-0.15, -0.1) is 4.98 Å². The molecule has 0 fully saturated rings. The van der Waals surface area contributed by atoms with E-state index in [0.29, 0.717) is 5.82 Å². The average Bonchev–Trinajstić information content (AvgIpc) is 1.88. The van der Waals surface area contributed by atoms with Gasteiger partial charge < -0.3 is 4.85 Å². The van der Waals surface area contributed by atoms with E-state index in [-0.39, 0.29) is 0 Å². The quantitative estimate of drug-likeness (QED) is 0.656. The van der Waals surface area contributed by atoms with E-state index in [2.05, 4.69) is 41.7 Å². The molecule has 0 radical (unpaired) electrons. The molecule has 0 spiro atoms. The van der Waals surface area contributed by atoms with E-state index in [4.69, 9.17) is 6.57 Å². The van der Waals surface area contributed by atoms with Crippen LogP contribution in [0.25, 0.3) is 4.85 Å². The normalized spacial score (nSPS) is 8.90. The SMILES string of the molecule is [C-]#[N+]c1ncc(Br)cc1Br. The summed E-state index contributed by atoms with van der Waals surface area (Å²) in [6.45, 7) is 6.67. The molecule has 0 aliphatic heterocycles. The van der Waals surface area contributed by atoms with Crippen molar-refractivity contribution < 1.29 is 0 Å². The fraction of sp³-hybridized carbons (Fsp3) is 0. The van der Waals surface area contributed by atoms with E-state index in [0.717, 1.165) is 8.95 Å². The Labute approximate surface area is 75.4 Å². The third-order valence-corrected chi connectivity index (χ3v) is 1.91. The second kappa shape index (κ2) is 3.13. The van der Waals surface area contributed by atoms with Crippen molar-refractivity contribution in [3.8, 4) is 0 Å². The summed E-state index contributed by atoms with van der Waals surface area (Å²) in [6.07, 6.45) is 1.60. The van der Waals surface area contributed by atoms with Crippen LogP contribution >= 0.6 is 31.9 Å². The zero-order chi connectivity index (χ0) is 7.56. The molecule has 0 N–H and O–H groups in total. The van der Waals surface area contributed by atoms with Crippen molar-refractivity contribution in [1.82, 2.24) is 4.98 Å². The Bertz CT molecular complexity index is 290. The molecular weight excluding hydrogens is 260 g/mol. The number of aromatic nitrogens is 1. The molecule has 0 aromatic carbocycles. The summed E-state index contributed by atoms with van der Waals surface area (Å²) in [6, 6.07) is 1.79. The highest BCUT2D eigenvalue weighted by atomic mass is 79.9.